The summed E-state index contributed by atoms with van der Waals surface area (Å²) in [4.78, 5) is 10.6. The van der Waals surface area contributed by atoms with Crippen molar-refractivity contribution in [3.8, 4) is 0 Å². The Bertz CT molecular complexity index is 659. The lowest BCUT2D eigenvalue weighted by atomic mass is 10.2. The Hall–Kier alpha value is -2.15. The molecule has 0 spiro atoms. The second kappa shape index (κ2) is 4.61. The van der Waals surface area contributed by atoms with Crippen molar-refractivity contribution >= 4 is 22.0 Å². The highest BCUT2D eigenvalue weighted by Crippen LogP contribution is 2.15. The van der Waals surface area contributed by atoms with Crippen molar-refractivity contribution in [2.75, 3.05) is 4.72 Å². The Balaban J connectivity index is 2.24. The molecule has 2 rings (SSSR count). The summed E-state index contributed by atoms with van der Waals surface area (Å²) in [7, 11) is -2.00. The molecule has 0 bridgehead atoms. The number of carbonyl (C=O) groups is 1. The minimum atomic E-state index is -3.63. The molecule has 0 atom stereocenters. The maximum Gasteiger partial charge on any atom is 0.265 e. The third-order valence-corrected chi connectivity index (χ3v) is 3.63. The summed E-state index contributed by atoms with van der Waals surface area (Å²) in [5.74, 6) is 0. The van der Waals surface area contributed by atoms with Crippen LogP contribution >= 0.6 is 0 Å². The molecule has 0 fully saturated rings. The van der Waals surface area contributed by atoms with E-state index in [-0.39, 0.29) is 4.90 Å². The Morgan fingerprint density at radius 1 is 1.28 bits per heavy atom. The second-order valence-corrected chi connectivity index (χ2v) is 5.38. The first kappa shape index (κ1) is 12.3. The van der Waals surface area contributed by atoms with Crippen molar-refractivity contribution in [2.24, 2.45) is 7.05 Å². The van der Waals surface area contributed by atoms with Gasteiger partial charge >= 0.3 is 0 Å². The van der Waals surface area contributed by atoms with Crippen molar-refractivity contribution in [1.29, 1.82) is 0 Å². The van der Waals surface area contributed by atoms with Crippen LogP contribution in [-0.4, -0.2) is 24.5 Å². The van der Waals surface area contributed by atoms with E-state index < -0.39 is 10.0 Å². The first-order valence-electron chi connectivity index (χ1n) is 5.08. The molecular formula is C11H11N3O3S. The number of benzene rings is 1. The first-order valence-corrected chi connectivity index (χ1v) is 6.56. The number of aryl methyl sites for hydroxylation is 1. The van der Waals surface area contributed by atoms with E-state index in [2.05, 4.69) is 9.82 Å². The van der Waals surface area contributed by atoms with E-state index in [1.54, 1.807) is 7.05 Å². The number of nitrogens with zero attached hydrogens (tertiary/aromatic N) is 2. The Morgan fingerprint density at radius 2 is 1.94 bits per heavy atom. The van der Waals surface area contributed by atoms with Gasteiger partial charge in [0, 0.05) is 24.5 Å². The molecule has 6 nitrogen and oxygen atoms in total. The van der Waals surface area contributed by atoms with Crippen LogP contribution in [0.15, 0.2) is 41.6 Å². The third kappa shape index (κ3) is 2.57. The van der Waals surface area contributed by atoms with E-state index >= 15 is 0 Å². The van der Waals surface area contributed by atoms with Crippen LogP contribution in [0.25, 0.3) is 0 Å². The molecule has 0 aliphatic carbocycles. The lowest BCUT2D eigenvalue weighted by Gasteiger charge is -2.05. The zero-order valence-electron chi connectivity index (χ0n) is 9.57. The van der Waals surface area contributed by atoms with Crippen molar-refractivity contribution in [3.63, 3.8) is 0 Å². The average molecular weight is 265 g/mol. The molecule has 0 unspecified atom stereocenters. The molecule has 1 heterocycles. The molecule has 1 N–H and O–H groups in total. The fourth-order valence-corrected chi connectivity index (χ4v) is 2.42. The normalized spacial score (nSPS) is 11.2. The van der Waals surface area contributed by atoms with E-state index in [4.69, 9.17) is 0 Å². The summed E-state index contributed by atoms with van der Waals surface area (Å²) in [6.07, 6.45) is 3.36. The highest BCUT2D eigenvalue weighted by Gasteiger charge is 2.15. The van der Waals surface area contributed by atoms with E-state index in [1.807, 2.05) is 0 Å². The van der Waals surface area contributed by atoms with Crippen LogP contribution in [0.4, 0.5) is 5.69 Å². The number of nitrogens with one attached hydrogen (secondary N) is 1. The quantitative estimate of drug-likeness (QED) is 0.837. The fourth-order valence-electron chi connectivity index (χ4n) is 1.38. The minimum Gasteiger partial charge on any atom is -0.298 e. The SMILES string of the molecule is Cn1cc(S(=O)(=O)Nc2ccc(C=O)cc2)cn1. The van der Waals surface area contributed by atoms with Gasteiger partial charge in [0.05, 0.1) is 6.20 Å². The van der Waals surface area contributed by atoms with E-state index in [1.165, 1.54) is 41.3 Å². The first-order chi connectivity index (χ1) is 8.51. The molecule has 2 aromatic rings. The molecule has 0 radical (unpaired) electrons. The molecule has 0 aliphatic rings. The number of carbonyl (C=O) groups excluding carboxylic acids is 1. The lowest BCUT2D eigenvalue weighted by Crippen LogP contribution is -2.12. The van der Waals surface area contributed by atoms with Crippen molar-refractivity contribution in [1.82, 2.24) is 9.78 Å². The lowest BCUT2D eigenvalue weighted by molar-refractivity contribution is 0.112. The summed E-state index contributed by atoms with van der Waals surface area (Å²) >= 11 is 0. The zero-order valence-corrected chi connectivity index (χ0v) is 10.4. The molecule has 0 saturated carbocycles. The molecule has 94 valence electrons. The number of hydrogen-bond donors (Lipinski definition) is 1. The van der Waals surface area contributed by atoms with Gasteiger partial charge in [-0.3, -0.25) is 14.2 Å². The molecule has 0 amide bonds. The van der Waals surface area contributed by atoms with Gasteiger partial charge in [-0.25, -0.2) is 8.42 Å². The minimum absolute atomic E-state index is 0.0875. The molecule has 7 heteroatoms. The number of sulfonamides is 1. The maximum atomic E-state index is 11.9. The predicted octanol–water partition coefficient (Wildman–Crippen LogP) is 1.03. The van der Waals surface area contributed by atoms with Gasteiger partial charge in [0.25, 0.3) is 10.0 Å². The summed E-state index contributed by atoms with van der Waals surface area (Å²) in [5.41, 5.74) is 0.878. The summed E-state index contributed by atoms with van der Waals surface area (Å²) in [5, 5.41) is 3.80. The highest BCUT2D eigenvalue weighted by molar-refractivity contribution is 7.92. The van der Waals surface area contributed by atoms with Gasteiger partial charge in [0.1, 0.15) is 11.2 Å². The van der Waals surface area contributed by atoms with Crippen LogP contribution < -0.4 is 4.72 Å². The predicted molar refractivity (Wildman–Crippen MR) is 65.8 cm³/mol. The van der Waals surface area contributed by atoms with Crippen molar-refractivity contribution < 1.29 is 13.2 Å². The molecular weight excluding hydrogens is 254 g/mol. The largest absolute Gasteiger partial charge is 0.298 e. The fraction of sp³-hybridized carbons (Fsp3) is 0.0909. The molecule has 0 saturated heterocycles. The van der Waals surface area contributed by atoms with Crippen molar-refractivity contribution in [2.45, 2.75) is 4.90 Å². The number of aromatic nitrogens is 2. The third-order valence-electron chi connectivity index (χ3n) is 2.29. The number of anilines is 1. The van der Waals surface area contributed by atoms with Crippen LogP contribution in [0.1, 0.15) is 10.4 Å². The molecule has 1 aromatic carbocycles. The van der Waals surface area contributed by atoms with Crippen LogP contribution in [-0.2, 0) is 17.1 Å². The van der Waals surface area contributed by atoms with Gasteiger partial charge in [0.2, 0.25) is 0 Å². The Morgan fingerprint density at radius 3 is 2.44 bits per heavy atom. The molecule has 18 heavy (non-hydrogen) atoms. The summed E-state index contributed by atoms with van der Waals surface area (Å²) in [6.45, 7) is 0. The van der Waals surface area contributed by atoms with Gasteiger partial charge < -0.3 is 0 Å². The van der Waals surface area contributed by atoms with E-state index in [0.29, 0.717) is 17.5 Å². The van der Waals surface area contributed by atoms with Crippen LogP contribution in [0.3, 0.4) is 0 Å². The van der Waals surface area contributed by atoms with Crippen LogP contribution in [0.5, 0.6) is 0 Å². The van der Waals surface area contributed by atoms with Gasteiger partial charge in [-0.05, 0) is 24.3 Å². The Labute approximate surface area is 104 Å². The topological polar surface area (TPSA) is 81.1 Å². The number of rotatable bonds is 4. The number of hydrogen-bond acceptors (Lipinski definition) is 4. The van der Waals surface area contributed by atoms with Crippen molar-refractivity contribution in [3.05, 3.63) is 42.2 Å². The molecule has 1 aromatic heterocycles. The van der Waals surface area contributed by atoms with Gasteiger partial charge in [-0.2, -0.15) is 5.10 Å². The van der Waals surface area contributed by atoms with E-state index in [0.717, 1.165) is 0 Å². The highest BCUT2D eigenvalue weighted by atomic mass is 32.2. The van der Waals surface area contributed by atoms with Crippen LogP contribution in [0, 0.1) is 0 Å². The summed E-state index contributed by atoms with van der Waals surface area (Å²) < 4.78 is 27.7. The van der Waals surface area contributed by atoms with Gasteiger partial charge in [0.15, 0.2) is 0 Å². The average Bonchev–Trinajstić information content (AvgIpc) is 2.77. The Kier molecular flexibility index (Phi) is 3.15. The smallest absolute Gasteiger partial charge is 0.265 e. The maximum absolute atomic E-state index is 11.9. The second-order valence-electron chi connectivity index (χ2n) is 3.70. The van der Waals surface area contributed by atoms with E-state index in [9.17, 15) is 13.2 Å². The van der Waals surface area contributed by atoms with Gasteiger partial charge in [-0.1, -0.05) is 0 Å². The van der Waals surface area contributed by atoms with Gasteiger partial charge in [-0.15, -0.1) is 0 Å². The monoisotopic (exact) mass is 265 g/mol. The summed E-state index contributed by atoms with van der Waals surface area (Å²) in [6, 6.07) is 6.12. The van der Waals surface area contributed by atoms with Crippen LogP contribution in [0.2, 0.25) is 0 Å². The molecule has 0 aliphatic heterocycles. The zero-order chi connectivity index (χ0) is 13.2. The number of aldehydes is 1. The standard InChI is InChI=1S/C11H11N3O3S/c1-14-7-11(6-12-14)18(16,17)13-10-4-2-9(8-15)3-5-10/h2-8,13H,1H3.